The van der Waals surface area contributed by atoms with Gasteiger partial charge in [-0.15, -0.1) is 0 Å². The van der Waals surface area contributed by atoms with Crippen molar-refractivity contribution >= 4 is 5.97 Å². The number of halogens is 1. The van der Waals surface area contributed by atoms with Crippen LogP contribution in [0.1, 0.15) is 30.0 Å². The number of carbonyl (C=O) groups is 1. The zero-order valence-electron chi connectivity index (χ0n) is 18.6. The van der Waals surface area contributed by atoms with Gasteiger partial charge in [0.2, 0.25) is 0 Å². The van der Waals surface area contributed by atoms with Gasteiger partial charge in [0.25, 0.3) is 0 Å². The van der Waals surface area contributed by atoms with Crippen LogP contribution in [-0.2, 0) is 4.79 Å². The van der Waals surface area contributed by atoms with Crippen LogP contribution in [0.5, 0.6) is 0 Å². The molecule has 1 atom stereocenters. The normalized spacial score (nSPS) is 15.8. The predicted octanol–water partition coefficient (Wildman–Crippen LogP) is 5.16. The Morgan fingerprint density at radius 1 is 1.00 bits per heavy atom. The van der Waals surface area contributed by atoms with Crippen LogP contribution in [0.25, 0.3) is 22.5 Å². The third-order valence-electron chi connectivity index (χ3n) is 6.52. The highest BCUT2D eigenvalue weighted by molar-refractivity contribution is 5.70. The molecule has 6 nitrogen and oxygen atoms in total. The fourth-order valence-corrected chi connectivity index (χ4v) is 4.72. The van der Waals surface area contributed by atoms with Crippen LogP contribution in [0.2, 0.25) is 0 Å². The summed E-state index contributed by atoms with van der Waals surface area (Å²) in [4.78, 5) is 18.4. The van der Waals surface area contributed by atoms with E-state index in [1.54, 1.807) is 24.4 Å². The zero-order valence-corrected chi connectivity index (χ0v) is 18.6. The van der Waals surface area contributed by atoms with E-state index in [1.165, 1.54) is 6.07 Å². The number of hydrogen-bond donors (Lipinski definition) is 2. The summed E-state index contributed by atoms with van der Waals surface area (Å²) in [5.41, 5.74) is 4.77. The lowest BCUT2D eigenvalue weighted by Crippen LogP contribution is -2.39. The first-order chi connectivity index (χ1) is 16.6. The van der Waals surface area contributed by atoms with Crippen molar-refractivity contribution in [3.05, 3.63) is 96.1 Å². The molecule has 1 fully saturated rings. The molecule has 34 heavy (non-hydrogen) atoms. The second-order valence-corrected chi connectivity index (χ2v) is 8.57. The summed E-state index contributed by atoms with van der Waals surface area (Å²) >= 11 is 0. The highest BCUT2D eigenvalue weighted by Gasteiger charge is 2.32. The average Bonchev–Trinajstić information content (AvgIpc) is 3.35. The molecule has 2 aromatic carbocycles. The number of piperidine rings is 1. The molecular weight excluding hydrogens is 431 g/mol. The SMILES string of the molecule is O=C(O)C1CCN(C(c2ccc(-c3ccccc3)nc2)c2cn[nH]c2-c2ccccc2F)CC1. The Balaban J connectivity index is 1.54. The van der Waals surface area contributed by atoms with Gasteiger partial charge in [-0.3, -0.25) is 19.8 Å². The van der Waals surface area contributed by atoms with Crippen molar-refractivity contribution in [3.8, 4) is 22.5 Å². The van der Waals surface area contributed by atoms with E-state index in [0.717, 1.165) is 22.4 Å². The van der Waals surface area contributed by atoms with Crippen molar-refractivity contribution in [1.82, 2.24) is 20.1 Å². The van der Waals surface area contributed by atoms with E-state index in [4.69, 9.17) is 4.98 Å². The van der Waals surface area contributed by atoms with Gasteiger partial charge in [-0.25, -0.2) is 4.39 Å². The minimum absolute atomic E-state index is 0.236. The number of H-pyrrole nitrogens is 1. The van der Waals surface area contributed by atoms with Crippen molar-refractivity contribution in [3.63, 3.8) is 0 Å². The number of pyridine rings is 1. The molecule has 1 unspecified atom stereocenters. The molecular formula is C27H25FN4O2. The van der Waals surface area contributed by atoms with Crippen LogP contribution >= 0.6 is 0 Å². The topological polar surface area (TPSA) is 82.1 Å². The number of aromatic amines is 1. The number of aliphatic carboxylic acids is 1. The number of aromatic nitrogens is 3. The maximum atomic E-state index is 14.7. The number of nitrogens with one attached hydrogen (secondary N) is 1. The fourth-order valence-electron chi connectivity index (χ4n) is 4.72. The third-order valence-corrected chi connectivity index (χ3v) is 6.52. The second-order valence-electron chi connectivity index (χ2n) is 8.57. The molecule has 3 heterocycles. The van der Waals surface area contributed by atoms with Crippen molar-refractivity contribution < 1.29 is 14.3 Å². The van der Waals surface area contributed by atoms with Gasteiger partial charge < -0.3 is 5.11 Å². The van der Waals surface area contributed by atoms with E-state index >= 15 is 0 Å². The molecule has 1 aliphatic rings. The highest BCUT2D eigenvalue weighted by atomic mass is 19.1. The Morgan fingerprint density at radius 2 is 1.74 bits per heavy atom. The van der Waals surface area contributed by atoms with Crippen molar-refractivity contribution in [2.24, 2.45) is 5.92 Å². The average molecular weight is 457 g/mol. The van der Waals surface area contributed by atoms with Crippen LogP contribution in [-0.4, -0.2) is 44.2 Å². The monoisotopic (exact) mass is 456 g/mol. The van der Waals surface area contributed by atoms with Gasteiger partial charge in [0.15, 0.2) is 0 Å². The Hall–Kier alpha value is -3.84. The van der Waals surface area contributed by atoms with Crippen LogP contribution in [0.4, 0.5) is 4.39 Å². The lowest BCUT2D eigenvalue weighted by molar-refractivity contribution is -0.143. The van der Waals surface area contributed by atoms with Crippen LogP contribution < -0.4 is 0 Å². The standard InChI is InChI=1S/C27H25FN4O2/c28-23-9-5-4-8-21(23)25-22(17-30-31-25)26(32-14-12-19(13-15-32)27(33)34)20-10-11-24(29-16-20)18-6-2-1-3-7-18/h1-11,16-17,19,26H,12-15H2,(H,30,31)(H,33,34). The first kappa shape index (κ1) is 22.0. The number of nitrogens with zero attached hydrogens (tertiary/aromatic N) is 3. The summed E-state index contributed by atoms with van der Waals surface area (Å²) in [6, 6.07) is 20.4. The van der Waals surface area contributed by atoms with Gasteiger partial charge in [-0.1, -0.05) is 48.5 Å². The molecule has 0 saturated carbocycles. The van der Waals surface area contributed by atoms with Gasteiger partial charge >= 0.3 is 5.97 Å². The number of rotatable bonds is 6. The van der Waals surface area contributed by atoms with Crippen molar-refractivity contribution in [1.29, 1.82) is 0 Å². The lowest BCUT2D eigenvalue weighted by atomic mass is 9.91. The molecule has 4 aromatic rings. The molecule has 2 N–H and O–H groups in total. The van der Waals surface area contributed by atoms with E-state index in [1.807, 2.05) is 48.7 Å². The lowest BCUT2D eigenvalue weighted by Gasteiger charge is -2.36. The van der Waals surface area contributed by atoms with Crippen molar-refractivity contribution in [2.45, 2.75) is 18.9 Å². The van der Waals surface area contributed by atoms with Gasteiger partial charge in [-0.2, -0.15) is 5.10 Å². The first-order valence-corrected chi connectivity index (χ1v) is 11.4. The number of carboxylic acids is 1. The van der Waals surface area contributed by atoms with Gasteiger partial charge in [0, 0.05) is 22.9 Å². The molecule has 1 saturated heterocycles. The number of hydrogen-bond acceptors (Lipinski definition) is 4. The first-order valence-electron chi connectivity index (χ1n) is 11.4. The van der Waals surface area contributed by atoms with Crippen LogP contribution in [0.15, 0.2) is 79.1 Å². The molecule has 172 valence electrons. The Morgan fingerprint density at radius 3 is 2.41 bits per heavy atom. The Kier molecular flexibility index (Phi) is 6.18. The smallest absolute Gasteiger partial charge is 0.306 e. The number of carboxylic acid groups (broad SMARTS) is 1. The van der Waals surface area contributed by atoms with E-state index in [-0.39, 0.29) is 17.8 Å². The maximum Gasteiger partial charge on any atom is 0.306 e. The summed E-state index contributed by atoms with van der Waals surface area (Å²) < 4.78 is 14.7. The fraction of sp³-hybridized carbons (Fsp3) is 0.222. The Labute approximate surface area is 197 Å². The zero-order chi connectivity index (χ0) is 23.5. The molecule has 0 bridgehead atoms. The Bertz CT molecular complexity index is 1270. The summed E-state index contributed by atoms with van der Waals surface area (Å²) in [7, 11) is 0. The summed E-state index contributed by atoms with van der Waals surface area (Å²) in [6.07, 6.45) is 4.72. The number of benzene rings is 2. The molecule has 0 aliphatic carbocycles. The minimum Gasteiger partial charge on any atom is -0.481 e. The molecule has 7 heteroatoms. The summed E-state index contributed by atoms with van der Waals surface area (Å²) in [6.45, 7) is 1.23. The van der Waals surface area contributed by atoms with Crippen LogP contribution in [0.3, 0.4) is 0 Å². The van der Waals surface area contributed by atoms with Gasteiger partial charge in [-0.05, 0) is 49.7 Å². The van der Waals surface area contributed by atoms with Gasteiger partial charge in [0.1, 0.15) is 5.82 Å². The van der Waals surface area contributed by atoms with Gasteiger partial charge in [0.05, 0.1) is 29.5 Å². The predicted molar refractivity (Wildman–Crippen MR) is 127 cm³/mol. The van der Waals surface area contributed by atoms with E-state index in [2.05, 4.69) is 15.1 Å². The largest absolute Gasteiger partial charge is 0.481 e. The molecule has 1 aliphatic heterocycles. The van der Waals surface area contributed by atoms with E-state index < -0.39 is 5.97 Å². The summed E-state index contributed by atoms with van der Waals surface area (Å²) in [5.74, 6) is -1.42. The molecule has 0 spiro atoms. The number of likely N-dealkylation sites (tertiary alicyclic amines) is 1. The second kappa shape index (κ2) is 9.57. The van der Waals surface area contributed by atoms with E-state index in [9.17, 15) is 14.3 Å². The molecule has 0 amide bonds. The third kappa shape index (κ3) is 4.34. The molecule has 2 aromatic heterocycles. The quantitative estimate of drug-likeness (QED) is 0.419. The minimum atomic E-state index is -0.750. The molecule has 0 radical (unpaired) electrons. The van der Waals surface area contributed by atoms with Crippen molar-refractivity contribution in [2.75, 3.05) is 13.1 Å². The molecule has 5 rings (SSSR count). The summed E-state index contributed by atoms with van der Waals surface area (Å²) in [5, 5.41) is 16.7. The maximum absolute atomic E-state index is 14.7. The van der Waals surface area contributed by atoms with Crippen LogP contribution in [0, 0.1) is 11.7 Å². The highest BCUT2D eigenvalue weighted by Crippen LogP contribution is 2.37. The van der Waals surface area contributed by atoms with E-state index in [0.29, 0.717) is 37.2 Å².